The average Bonchev–Trinajstić information content (AvgIpc) is 3.07. The fraction of sp³-hybridized carbons (Fsp3) is 0.200. The Morgan fingerprint density at radius 2 is 1.69 bits per heavy atom. The van der Waals surface area contributed by atoms with Crippen molar-refractivity contribution in [3.8, 4) is 5.75 Å². The number of hydrogen-bond donors (Lipinski definition) is 1. The molecule has 0 aliphatic carbocycles. The zero-order valence-electron chi connectivity index (χ0n) is 14.4. The Labute approximate surface area is 149 Å². The maximum Gasteiger partial charge on any atom is 0.347 e. The molecular weight excluding hydrogens is 337 g/mol. The summed E-state index contributed by atoms with van der Waals surface area (Å²) in [6.07, 6.45) is -0.282. The first-order chi connectivity index (χ1) is 12.5. The van der Waals surface area contributed by atoms with Gasteiger partial charge in [0.2, 0.25) is 5.78 Å². The van der Waals surface area contributed by atoms with E-state index in [2.05, 4.69) is 4.98 Å². The molecule has 6 heteroatoms. The third kappa shape index (κ3) is 3.74. The number of hydrogen-bond acceptors (Lipinski definition) is 4. The van der Waals surface area contributed by atoms with Gasteiger partial charge in [-0.1, -0.05) is 18.2 Å². The number of H-pyrrole nitrogens is 1. The molecule has 2 atom stereocenters. The number of esters is 1. The van der Waals surface area contributed by atoms with Crippen LogP contribution in [0.2, 0.25) is 0 Å². The van der Waals surface area contributed by atoms with Crippen LogP contribution in [-0.4, -0.2) is 28.9 Å². The van der Waals surface area contributed by atoms with Gasteiger partial charge in [-0.2, -0.15) is 0 Å². The van der Waals surface area contributed by atoms with Gasteiger partial charge >= 0.3 is 5.97 Å². The average molecular weight is 355 g/mol. The largest absolute Gasteiger partial charge is 0.479 e. The van der Waals surface area contributed by atoms with Gasteiger partial charge in [0.15, 0.2) is 12.2 Å². The van der Waals surface area contributed by atoms with Gasteiger partial charge in [0.1, 0.15) is 11.6 Å². The number of Topliss-reactive ketones (excluding diaryl/α,β-unsaturated/α-hetero) is 1. The summed E-state index contributed by atoms with van der Waals surface area (Å²) in [5.41, 5.74) is 1.30. The molecule has 0 bridgehead atoms. The third-order valence-electron chi connectivity index (χ3n) is 3.98. The minimum Gasteiger partial charge on any atom is -0.479 e. The normalized spacial score (nSPS) is 13.2. The SMILES string of the molecule is CC(Oc1ccc(F)cc1)C(=O)OC(C)C(=O)c1c[nH]c2ccccc12. The molecule has 2 aromatic carbocycles. The van der Waals surface area contributed by atoms with Crippen molar-refractivity contribution in [2.24, 2.45) is 0 Å². The number of aromatic nitrogens is 1. The quantitative estimate of drug-likeness (QED) is 0.538. The van der Waals surface area contributed by atoms with Gasteiger partial charge in [0.05, 0.1) is 0 Å². The van der Waals surface area contributed by atoms with Crippen LogP contribution in [-0.2, 0) is 9.53 Å². The highest BCUT2D eigenvalue weighted by molar-refractivity contribution is 6.10. The number of benzene rings is 2. The molecule has 3 rings (SSSR count). The van der Waals surface area contributed by atoms with Gasteiger partial charge < -0.3 is 14.5 Å². The Morgan fingerprint density at radius 1 is 1.00 bits per heavy atom. The molecule has 0 radical (unpaired) electrons. The Kier molecular flexibility index (Phi) is 5.02. The van der Waals surface area contributed by atoms with Crippen molar-refractivity contribution >= 4 is 22.7 Å². The van der Waals surface area contributed by atoms with E-state index in [9.17, 15) is 14.0 Å². The zero-order chi connectivity index (χ0) is 18.7. The van der Waals surface area contributed by atoms with Crippen molar-refractivity contribution in [1.29, 1.82) is 0 Å². The second-order valence-corrected chi connectivity index (χ2v) is 5.91. The van der Waals surface area contributed by atoms with E-state index in [1.165, 1.54) is 38.1 Å². The molecule has 0 aliphatic rings. The van der Waals surface area contributed by atoms with Gasteiger partial charge in [-0.25, -0.2) is 9.18 Å². The smallest absolute Gasteiger partial charge is 0.347 e. The van der Waals surface area contributed by atoms with E-state index < -0.39 is 24.0 Å². The van der Waals surface area contributed by atoms with Crippen LogP contribution in [0.4, 0.5) is 4.39 Å². The molecule has 1 N–H and O–H groups in total. The molecule has 1 aromatic heterocycles. The second-order valence-electron chi connectivity index (χ2n) is 5.91. The molecule has 3 aromatic rings. The summed E-state index contributed by atoms with van der Waals surface area (Å²) in [5, 5.41) is 0.774. The summed E-state index contributed by atoms with van der Waals surface area (Å²) in [6, 6.07) is 12.7. The first-order valence-electron chi connectivity index (χ1n) is 8.19. The molecule has 134 valence electrons. The maximum absolute atomic E-state index is 12.9. The van der Waals surface area contributed by atoms with Crippen LogP contribution in [0.1, 0.15) is 24.2 Å². The number of ketones is 1. The molecule has 2 unspecified atom stereocenters. The fourth-order valence-corrected chi connectivity index (χ4v) is 2.58. The van der Waals surface area contributed by atoms with E-state index >= 15 is 0 Å². The van der Waals surface area contributed by atoms with Gasteiger partial charge in [0, 0.05) is 22.7 Å². The minimum absolute atomic E-state index is 0.301. The summed E-state index contributed by atoms with van der Waals surface area (Å²) in [5.74, 6) is -1.03. The summed E-state index contributed by atoms with van der Waals surface area (Å²) in [7, 11) is 0. The maximum atomic E-state index is 12.9. The molecule has 0 saturated carbocycles. The van der Waals surface area contributed by atoms with Crippen molar-refractivity contribution in [3.63, 3.8) is 0 Å². The minimum atomic E-state index is -0.957. The predicted octanol–water partition coefficient (Wildman–Crippen LogP) is 3.89. The van der Waals surface area contributed by atoms with Gasteiger partial charge in [-0.15, -0.1) is 0 Å². The van der Waals surface area contributed by atoms with Crippen molar-refractivity contribution in [3.05, 3.63) is 66.1 Å². The number of carbonyl (C=O) groups excluding carboxylic acids is 2. The standard InChI is InChI=1S/C20H18FNO4/c1-12(19(23)17-11-22-18-6-4-3-5-16(17)18)26-20(24)13(2)25-15-9-7-14(21)8-10-15/h3-13,22H,1-2H3. The van der Waals surface area contributed by atoms with Crippen LogP contribution in [0.5, 0.6) is 5.75 Å². The zero-order valence-corrected chi connectivity index (χ0v) is 14.4. The molecule has 26 heavy (non-hydrogen) atoms. The number of nitrogens with one attached hydrogen (secondary N) is 1. The number of carbonyl (C=O) groups is 2. The van der Waals surface area contributed by atoms with Crippen LogP contribution in [0.3, 0.4) is 0 Å². The summed E-state index contributed by atoms with van der Waals surface area (Å²) < 4.78 is 23.6. The van der Waals surface area contributed by atoms with Crippen LogP contribution < -0.4 is 4.74 Å². The first-order valence-corrected chi connectivity index (χ1v) is 8.19. The Hall–Kier alpha value is -3.15. The lowest BCUT2D eigenvalue weighted by Gasteiger charge is -2.17. The monoisotopic (exact) mass is 355 g/mol. The third-order valence-corrected chi connectivity index (χ3v) is 3.98. The second kappa shape index (κ2) is 7.39. The van der Waals surface area contributed by atoms with Gasteiger partial charge in [-0.05, 0) is 44.2 Å². The fourth-order valence-electron chi connectivity index (χ4n) is 2.58. The Bertz CT molecular complexity index is 932. The van der Waals surface area contributed by atoms with E-state index in [1.807, 2.05) is 24.3 Å². The van der Waals surface area contributed by atoms with E-state index in [0.717, 1.165) is 10.9 Å². The molecule has 0 amide bonds. The van der Waals surface area contributed by atoms with E-state index in [-0.39, 0.29) is 5.78 Å². The van der Waals surface area contributed by atoms with Gasteiger partial charge in [0.25, 0.3) is 0 Å². The van der Waals surface area contributed by atoms with Crippen LogP contribution >= 0.6 is 0 Å². The molecule has 0 fully saturated rings. The number of ether oxygens (including phenoxy) is 2. The van der Waals surface area contributed by atoms with Crippen LogP contribution in [0.15, 0.2) is 54.7 Å². The number of para-hydroxylation sites is 1. The molecule has 0 saturated heterocycles. The summed E-state index contributed by atoms with van der Waals surface area (Å²) >= 11 is 0. The number of halogens is 1. The van der Waals surface area contributed by atoms with E-state index in [0.29, 0.717) is 11.3 Å². The lowest BCUT2D eigenvalue weighted by molar-refractivity contribution is -0.153. The molecule has 1 heterocycles. The molecule has 5 nitrogen and oxygen atoms in total. The van der Waals surface area contributed by atoms with E-state index in [1.54, 1.807) is 6.20 Å². The van der Waals surface area contributed by atoms with Gasteiger partial charge in [-0.3, -0.25) is 4.79 Å². The van der Waals surface area contributed by atoms with E-state index in [4.69, 9.17) is 9.47 Å². The Balaban J connectivity index is 1.64. The highest BCUT2D eigenvalue weighted by atomic mass is 19.1. The molecule has 0 spiro atoms. The summed E-state index contributed by atoms with van der Waals surface area (Å²) in [4.78, 5) is 27.8. The molecular formula is C20H18FNO4. The highest BCUT2D eigenvalue weighted by Gasteiger charge is 2.25. The lowest BCUT2D eigenvalue weighted by Crippen LogP contribution is -2.32. The van der Waals surface area contributed by atoms with Crippen LogP contribution in [0.25, 0.3) is 10.9 Å². The Morgan fingerprint density at radius 3 is 2.42 bits per heavy atom. The molecule has 0 aliphatic heterocycles. The van der Waals surface area contributed by atoms with Crippen molar-refractivity contribution in [2.45, 2.75) is 26.1 Å². The van der Waals surface area contributed by atoms with Crippen molar-refractivity contribution in [1.82, 2.24) is 4.98 Å². The number of fused-ring (bicyclic) bond motifs is 1. The van der Waals surface area contributed by atoms with Crippen molar-refractivity contribution in [2.75, 3.05) is 0 Å². The number of rotatable bonds is 6. The predicted molar refractivity (Wildman–Crippen MR) is 94.7 cm³/mol. The highest BCUT2D eigenvalue weighted by Crippen LogP contribution is 2.20. The number of aromatic amines is 1. The first kappa shape index (κ1) is 17.7. The topological polar surface area (TPSA) is 68.4 Å². The van der Waals surface area contributed by atoms with Crippen LogP contribution in [0, 0.1) is 5.82 Å². The lowest BCUT2D eigenvalue weighted by atomic mass is 10.1. The summed E-state index contributed by atoms with van der Waals surface area (Å²) in [6.45, 7) is 3.03. The van der Waals surface area contributed by atoms with Crippen molar-refractivity contribution < 1.29 is 23.5 Å².